The van der Waals surface area contributed by atoms with Crippen molar-refractivity contribution in [3.63, 3.8) is 0 Å². The molecule has 0 radical (unpaired) electrons. The molecule has 6 nitrogen and oxygen atoms in total. The molecule has 2 rings (SSSR count). The van der Waals surface area contributed by atoms with E-state index in [1.165, 1.54) is 0 Å². The summed E-state index contributed by atoms with van der Waals surface area (Å²) in [7, 11) is 1.57. The summed E-state index contributed by atoms with van der Waals surface area (Å²) in [4.78, 5) is 23.9. The van der Waals surface area contributed by atoms with E-state index in [4.69, 9.17) is 14.2 Å². The van der Waals surface area contributed by atoms with Crippen LogP contribution >= 0.6 is 0 Å². The highest BCUT2D eigenvalue weighted by atomic mass is 16.5. The summed E-state index contributed by atoms with van der Waals surface area (Å²) >= 11 is 0. The molecule has 0 saturated heterocycles. The van der Waals surface area contributed by atoms with Gasteiger partial charge in [-0.15, -0.1) is 0 Å². The van der Waals surface area contributed by atoms with Gasteiger partial charge >= 0.3 is 5.97 Å². The van der Waals surface area contributed by atoms with E-state index in [-0.39, 0.29) is 18.6 Å². The zero-order valence-corrected chi connectivity index (χ0v) is 15.2. The Morgan fingerprint density at radius 1 is 1.04 bits per heavy atom. The molecule has 0 aliphatic heterocycles. The van der Waals surface area contributed by atoms with Crippen molar-refractivity contribution in [2.24, 2.45) is 0 Å². The van der Waals surface area contributed by atoms with Gasteiger partial charge in [0.25, 0.3) is 5.91 Å². The fourth-order valence-electron chi connectivity index (χ4n) is 2.25. The Balaban J connectivity index is 1.80. The molecule has 1 amide bonds. The van der Waals surface area contributed by atoms with E-state index < -0.39 is 5.97 Å². The molecule has 0 atom stereocenters. The quantitative estimate of drug-likeness (QED) is 0.735. The molecule has 0 fully saturated rings. The van der Waals surface area contributed by atoms with Crippen LogP contribution in [0.5, 0.6) is 11.5 Å². The number of hydrogen-bond acceptors (Lipinski definition) is 5. The van der Waals surface area contributed by atoms with Crippen molar-refractivity contribution >= 4 is 11.9 Å². The second-order valence-corrected chi connectivity index (χ2v) is 5.86. The Bertz CT molecular complexity index is 740. The van der Waals surface area contributed by atoms with Crippen molar-refractivity contribution in [2.45, 2.75) is 26.5 Å². The van der Waals surface area contributed by atoms with Gasteiger partial charge in [0.2, 0.25) is 0 Å². The number of methoxy groups -OCH3 is 1. The lowest BCUT2D eigenvalue weighted by Gasteiger charge is -2.11. The molecular formula is C20H23NO5. The minimum Gasteiger partial charge on any atom is -0.496 e. The first kappa shape index (κ1) is 19.3. The van der Waals surface area contributed by atoms with Crippen LogP contribution in [0.15, 0.2) is 48.5 Å². The van der Waals surface area contributed by atoms with Crippen LogP contribution in [-0.4, -0.2) is 31.7 Å². The molecule has 0 aromatic heterocycles. The number of carbonyl (C=O) groups is 2. The molecule has 0 unspecified atom stereocenters. The number of esters is 1. The van der Waals surface area contributed by atoms with Gasteiger partial charge in [0.1, 0.15) is 11.5 Å². The number of nitrogens with one attached hydrogen (secondary N) is 1. The maximum atomic E-state index is 12.0. The van der Waals surface area contributed by atoms with E-state index in [0.717, 1.165) is 5.56 Å². The first-order chi connectivity index (χ1) is 12.5. The molecule has 2 aromatic rings. The molecule has 0 spiro atoms. The van der Waals surface area contributed by atoms with E-state index in [0.29, 0.717) is 23.6 Å². The Morgan fingerprint density at radius 3 is 2.38 bits per heavy atom. The summed E-state index contributed by atoms with van der Waals surface area (Å²) in [5.41, 5.74) is 1.20. The standard InChI is InChI=1S/C20H23NO5/c1-14(2)26-17-10-8-15(9-11-17)20(23)25-13-19(22)21-12-16-6-4-5-7-18(16)24-3/h4-11,14H,12-13H2,1-3H3,(H,21,22). The highest BCUT2D eigenvalue weighted by Crippen LogP contribution is 2.17. The number of hydrogen-bond donors (Lipinski definition) is 1. The van der Waals surface area contributed by atoms with Gasteiger partial charge in [-0.25, -0.2) is 4.79 Å². The molecule has 26 heavy (non-hydrogen) atoms. The Labute approximate surface area is 153 Å². The third-order valence-electron chi connectivity index (χ3n) is 3.46. The summed E-state index contributed by atoms with van der Waals surface area (Å²) < 4.78 is 15.8. The molecule has 0 saturated carbocycles. The van der Waals surface area contributed by atoms with Crippen LogP contribution < -0.4 is 14.8 Å². The average molecular weight is 357 g/mol. The Morgan fingerprint density at radius 2 is 1.73 bits per heavy atom. The van der Waals surface area contributed by atoms with Crippen LogP contribution in [0.3, 0.4) is 0 Å². The second-order valence-electron chi connectivity index (χ2n) is 5.86. The van der Waals surface area contributed by atoms with Gasteiger partial charge in [0.15, 0.2) is 6.61 Å². The zero-order valence-electron chi connectivity index (χ0n) is 15.2. The van der Waals surface area contributed by atoms with Crippen molar-refractivity contribution in [3.8, 4) is 11.5 Å². The van der Waals surface area contributed by atoms with E-state index in [2.05, 4.69) is 5.32 Å². The van der Waals surface area contributed by atoms with Crippen LogP contribution in [0, 0.1) is 0 Å². The first-order valence-electron chi connectivity index (χ1n) is 8.32. The van der Waals surface area contributed by atoms with Gasteiger partial charge in [0.05, 0.1) is 18.8 Å². The number of benzene rings is 2. The molecule has 2 aromatic carbocycles. The number of ether oxygens (including phenoxy) is 3. The SMILES string of the molecule is COc1ccccc1CNC(=O)COC(=O)c1ccc(OC(C)C)cc1. The smallest absolute Gasteiger partial charge is 0.338 e. The van der Waals surface area contributed by atoms with Crippen LogP contribution in [0.1, 0.15) is 29.8 Å². The summed E-state index contributed by atoms with van der Waals surface area (Å²) in [5, 5.41) is 2.70. The van der Waals surface area contributed by atoms with Gasteiger partial charge in [-0.1, -0.05) is 18.2 Å². The van der Waals surface area contributed by atoms with Crippen molar-refractivity contribution in [3.05, 3.63) is 59.7 Å². The third kappa shape index (κ3) is 5.81. The molecule has 0 heterocycles. The van der Waals surface area contributed by atoms with Crippen LogP contribution in [-0.2, 0) is 16.1 Å². The maximum Gasteiger partial charge on any atom is 0.338 e. The van der Waals surface area contributed by atoms with Gasteiger partial charge < -0.3 is 19.5 Å². The van der Waals surface area contributed by atoms with E-state index in [9.17, 15) is 9.59 Å². The van der Waals surface area contributed by atoms with Crippen molar-refractivity contribution in [2.75, 3.05) is 13.7 Å². The molecule has 0 aliphatic carbocycles. The minimum atomic E-state index is -0.562. The Kier molecular flexibility index (Phi) is 7.02. The van der Waals surface area contributed by atoms with Gasteiger partial charge in [-0.2, -0.15) is 0 Å². The lowest BCUT2D eigenvalue weighted by molar-refractivity contribution is -0.124. The van der Waals surface area contributed by atoms with Crippen molar-refractivity contribution in [1.82, 2.24) is 5.32 Å². The molecule has 1 N–H and O–H groups in total. The maximum absolute atomic E-state index is 12.0. The van der Waals surface area contributed by atoms with Crippen molar-refractivity contribution in [1.29, 1.82) is 0 Å². The first-order valence-corrected chi connectivity index (χ1v) is 8.32. The van der Waals surface area contributed by atoms with E-state index in [1.807, 2.05) is 38.1 Å². The fourth-order valence-corrected chi connectivity index (χ4v) is 2.25. The largest absolute Gasteiger partial charge is 0.496 e. The molecule has 6 heteroatoms. The predicted molar refractivity (Wildman–Crippen MR) is 97.3 cm³/mol. The molecular weight excluding hydrogens is 334 g/mol. The Hall–Kier alpha value is -3.02. The molecule has 0 aliphatic rings. The molecule has 0 bridgehead atoms. The van der Waals surface area contributed by atoms with Crippen LogP contribution in [0.25, 0.3) is 0 Å². The van der Waals surface area contributed by atoms with Gasteiger partial charge in [-0.3, -0.25) is 4.79 Å². The summed E-state index contributed by atoms with van der Waals surface area (Å²) in [6.45, 7) is 3.79. The minimum absolute atomic E-state index is 0.0553. The number of carbonyl (C=O) groups excluding carboxylic acids is 2. The van der Waals surface area contributed by atoms with Gasteiger partial charge in [0, 0.05) is 12.1 Å². The topological polar surface area (TPSA) is 73.9 Å². The average Bonchev–Trinajstić information content (AvgIpc) is 2.64. The zero-order chi connectivity index (χ0) is 18.9. The van der Waals surface area contributed by atoms with Crippen LogP contribution in [0.4, 0.5) is 0 Å². The van der Waals surface area contributed by atoms with E-state index in [1.54, 1.807) is 31.4 Å². The fraction of sp³-hybridized carbons (Fsp3) is 0.300. The van der Waals surface area contributed by atoms with Crippen LogP contribution in [0.2, 0.25) is 0 Å². The van der Waals surface area contributed by atoms with E-state index >= 15 is 0 Å². The highest BCUT2D eigenvalue weighted by molar-refractivity contribution is 5.91. The summed E-state index contributed by atoms with van der Waals surface area (Å²) in [6, 6.07) is 14.0. The molecule has 138 valence electrons. The summed E-state index contributed by atoms with van der Waals surface area (Å²) in [5.74, 6) is 0.414. The summed E-state index contributed by atoms with van der Waals surface area (Å²) in [6.07, 6.45) is 0.0553. The number of para-hydroxylation sites is 1. The normalized spacial score (nSPS) is 10.3. The lowest BCUT2D eigenvalue weighted by atomic mass is 10.2. The lowest BCUT2D eigenvalue weighted by Crippen LogP contribution is -2.28. The highest BCUT2D eigenvalue weighted by Gasteiger charge is 2.11. The number of rotatable bonds is 8. The van der Waals surface area contributed by atoms with Gasteiger partial charge in [-0.05, 0) is 44.2 Å². The third-order valence-corrected chi connectivity index (χ3v) is 3.46. The monoisotopic (exact) mass is 357 g/mol. The second kappa shape index (κ2) is 9.46. The number of amides is 1. The van der Waals surface area contributed by atoms with Crippen molar-refractivity contribution < 1.29 is 23.8 Å². The predicted octanol–water partition coefficient (Wildman–Crippen LogP) is 2.96.